The van der Waals surface area contributed by atoms with Gasteiger partial charge in [0.2, 0.25) is 5.91 Å². The SMILES string of the molecule is CCCCN(Oc1ccc2c(c1)c(CC(=O)O)c(C)n2C(=O)c1ccc(Cl)cc1)C(=O)C[N-]C(=O)C[N-]C(=O)C[N-]C(=O)C[S-].[O]=[Tc+4]. The van der Waals surface area contributed by atoms with E-state index in [0.717, 1.165) is 30.3 Å². The fraction of sp³-hybridized carbons (Fsp3) is 0.333. The third-order valence-corrected chi connectivity index (χ3v) is 6.93. The Morgan fingerprint density at radius 2 is 1.53 bits per heavy atom. The summed E-state index contributed by atoms with van der Waals surface area (Å²) >= 11 is 11.4. The molecule has 3 rings (SSSR count). The minimum absolute atomic E-state index is 0.162. The molecule has 249 valence electrons. The number of hydroxylamine groups is 2. The van der Waals surface area contributed by atoms with Crippen molar-refractivity contribution < 1.29 is 61.1 Å². The first-order valence-corrected chi connectivity index (χ1v) is 15.6. The van der Waals surface area contributed by atoms with Crippen molar-refractivity contribution >= 4 is 70.6 Å². The van der Waals surface area contributed by atoms with Crippen molar-refractivity contribution in [2.45, 2.75) is 33.1 Å². The predicted octanol–water partition coefficient (Wildman–Crippen LogP) is 3.97. The Morgan fingerprint density at radius 1 is 0.936 bits per heavy atom. The Hall–Kier alpha value is -4.11. The van der Waals surface area contributed by atoms with E-state index in [2.05, 4.69) is 28.6 Å². The number of fused-ring (bicyclic) bond motifs is 1. The van der Waals surface area contributed by atoms with Gasteiger partial charge in [-0.05, 0) is 67.9 Å². The average Bonchev–Trinajstić information content (AvgIpc) is 3.33. The fourth-order valence-corrected chi connectivity index (χ4v) is 4.44. The quantitative estimate of drug-likeness (QED) is 0.174. The van der Waals surface area contributed by atoms with Crippen LogP contribution in [0.3, 0.4) is 0 Å². The first-order valence-electron chi connectivity index (χ1n) is 13.9. The van der Waals surface area contributed by atoms with Crippen LogP contribution in [0.5, 0.6) is 5.75 Å². The molecule has 14 nitrogen and oxygen atoms in total. The van der Waals surface area contributed by atoms with Crippen molar-refractivity contribution in [3.8, 4) is 5.75 Å². The molecule has 3 aromatic rings. The number of amides is 4. The second-order valence-electron chi connectivity index (χ2n) is 9.68. The summed E-state index contributed by atoms with van der Waals surface area (Å²) in [6.45, 7) is 2.00. The van der Waals surface area contributed by atoms with Gasteiger partial charge in [-0.25, -0.2) is 0 Å². The third kappa shape index (κ3) is 11.6. The van der Waals surface area contributed by atoms with Crippen LogP contribution in [0, 0.1) is 6.92 Å². The Balaban J connectivity index is 0.00000376. The molecule has 0 atom stereocenters. The summed E-state index contributed by atoms with van der Waals surface area (Å²) in [5.41, 5.74) is 1.63. The zero-order valence-electron chi connectivity index (χ0n) is 25.3. The van der Waals surface area contributed by atoms with Crippen LogP contribution in [0.1, 0.15) is 41.4 Å². The maximum atomic E-state index is 13.4. The maximum absolute atomic E-state index is 13.4. The molecule has 0 aliphatic carbocycles. The number of carboxylic acids is 1. The van der Waals surface area contributed by atoms with Gasteiger partial charge < -0.3 is 52.9 Å². The summed E-state index contributed by atoms with van der Waals surface area (Å²) in [5.74, 6) is -4.47. The standard InChI is InChI=1S/C30H34ClN5O8S.O.Tc/c1-3-4-11-35(28(40)16-34-26(38)14-32-25(37)15-33-27(39)17-45)44-21-9-10-24-23(12-21)22(13-29(41)42)18(2)36(24)30(43)19-5-7-20(31)8-6-19;;/h5-10,12H,3-4,11,13-17H2,1-2H3,(H5,32,33,34,37,38,39,41,42,45);;/q;;+4/p-4. The van der Waals surface area contributed by atoms with Crippen molar-refractivity contribution in [2.75, 3.05) is 31.9 Å². The number of unbranched alkanes of at least 4 members (excludes halogenated alkanes) is 1. The molecule has 1 aromatic heterocycles. The van der Waals surface area contributed by atoms with Gasteiger partial charge in [-0.3, -0.25) is 19.0 Å². The van der Waals surface area contributed by atoms with Gasteiger partial charge in [0.05, 0.1) is 18.5 Å². The van der Waals surface area contributed by atoms with Crippen molar-refractivity contribution in [1.29, 1.82) is 0 Å². The molecule has 0 bridgehead atoms. The van der Waals surface area contributed by atoms with E-state index in [9.17, 15) is 33.9 Å². The van der Waals surface area contributed by atoms with Crippen LogP contribution in [0.15, 0.2) is 42.5 Å². The molecular weight excluding hydrogens is 740 g/mol. The minimum atomic E-state index is -1.10. The van der Waals surface area contributed by atoms with Gasteiger partial charge in [0.1, 0.15) is 0 Å². The van der Waals surface area contributed by atoms with Gasteiger partial charge in [0, 0.05) is 39.4 Å². The van der Waals surface area contributed by atoms with Crippen LogP contribution in [0.2, 0.25) is 5.02 Å². The van der Waals surface area contributed by atoms with Crippen LogP contribution >= 0.6 is 11.6 Å². The van der Waals surface area contributed by atoms with Crippen LogP contribution < -0.4 is 4.84 Å². The Bertz CT molecular complexity index is 1620. The Kier molecular flexibility index (Phi) is 16.2. The number of halogens is 1. The Labute approximate surface area is 291 Å². The molecule has 1 N–H and O–H groups in total. The number of benzene rings is 2. The van der Waals surface area contributed by atoms with Gasteiger partial charge in [-0.1, -0.05) is 38.0 Å². The molecule has 0 radical (unpaired) electrons. The monoisotopic (exact) mass is 768 g/mol. The van der Waals surface area contributed by atoms with Crippen molar-refractivity contribution in [3.05, 3.63) is 80.3 Å². The van der Waals surface area contributed by atoms with Crippen LogP contribution in [-0.2, 0) is 65.4 Å². The summed E-state index contributed by atoms with van der Waals surface area (Å²) in [6, 6.07) is 11.0. The fourth-order valence-electron chi connectivity index (χ4n) is 4.22. The van der Waals surface area contributed by atoms with Crippen molar-refractivity contribution in [1.82, 2.24) is 9.63 Å². The number of carbonyl (C=O) groups excluding carboxylic acids is 5. The molecule has 0 spiro atoms. The van der Waals surface area contributed by atoms with Crippen molar-refractivity contribution in [2.24, 2.45) is 0 Å². The van der Waals surface area contributed by atoms with E-state index in [0.29, 0.717) is 39.2 Å². The molecule has 0 saturated heterocycles. The number of hydrogen-bond donors (Lipinski definition) is 1. The van der Waals surface area contributed by atoms with Crippen LogP contribution in [0.25, 0.3) is 26.9 Å². The predicted molar refractivity (Wildman–Crippen MR) is 169 cm³/mol. The third-order valence-electron chi connectivity index (χ3n) is 6.43. The number of aromatic nitrogens is 1. The molecule has 0 unspecified atom stereocenters. The molecular formula is C30H30ClN5O9STc. The molecule has 0 saturated carbocycles. The summed E-state index contributed by atoms with van der Waals surface area (Å²) < 4.78 is 9.64. The number of hydrogen-bond acceptors (Lipinski definition) is 9. The van der Waals surface area contributed by atoms with E-state index in [1.807, 2.05) is 6.92 Å². The molecule has 2 aromatic carbocycles. The van der Waals surface area contributed by atoms with E-state index in [1.165, 1.54) is 4.57 Å². The average molecular weight is 770 g/mol. The van der Waals surface area contributed by atoms with Crippen LogP contribution in [-0.4, -0.2) is 82.2 Å². The van der Waals surface area contributed by atoms with E-state index < -0.39 is 49.2 Å². The number of carbonyl (C=O) groups is 6. The molecule has 1 heterocycles. The number of carboxylic acid groups (broad SMARTS) is 1. The summed E-state index contributed by atoms with van der Waals surface area (Å²) in [7, 11) is 0. The van der Waals surface area contributed by atoms with E-state index >= 15 is 0 Å². The van der Waals surface area contributed by atoms with Gasteiger partial charge in [-0.2, -0.15) is 5.06 Å². The van der Waals surface area contributed by atoms with Gasteiger partial charge >= 0.3 is 28.3 Å². The first kappa shape index (κ1) is 39.1. The first-order chi connectivity index (χ1) is 22.4. The molecule has 0 aliphatic heterocycles. The molecule has 4 amide bonds. The van der Waals surface area contributed by atoms with Gasteiger partial charge in [0.15, 0.2) is 5.75 Å². The second-order valence-corrected chi connectivity index (χ2v) is 10.4. The van der Waals surface area contributed by atoms with Crippen molar-refractivity contribution in [3.63, 3.8) is 0 Å². The van der Waals surface area contributed by atoms with Gasteiger partial charge in [0.25, 0.3) is 5.91 Å². The number of aliphatic carboxylic acids is 1. The number of nitrogens with zero attached hydrogens (tertiary/aromatic N) is 5. The molecule has 0 fully saturated rings. The zero-order chi connectivity index (χ0) is 35.1. The zero-order valence-corrected chi connectivity index (χ0v) is 28.7. The topological polar surface area (TPSA) is 199 Å². The molecule has 0 aliphatic rings. The summed E-state index contributed by atoms with van der Waals surface area (Å²) in [4.78, 5) is 78.9. The number of rotatable bonds is 15. The molecule has 47 heavy (non-hydrogen) atoms. The second kappa shape index (κ2) is 19.5. The normalized spacial score (nSPS) is 10.3. The molecule has 17 heteroatoms. The van der Waals surface area contributed by atoms with E-state index in [-0.39, 0.29) is 30.4 Å². The Morgan fingerprint density at radius 3 is 2.11 bits per heavy atom. The van der Waals surface area contributed by atoms with Gasteiger partial charge in [-0.15, -0.1) is 5.75 Å². The van der Waals surface area contributed by atoms with Crippen LogP contribution in [0.4, 0.5) is 0 Å². The van der Waals surface area contributed by atoms with E-state index in [1.54, 1.807) is 49.4 Å². The summed E-state index contributed by atoms with van der Waals surface area (Å²) in [6.07, 6.45) is 0.922. The summed E-state index contributed by atoms with van der Waals surface area (Å²) in [5, 5.41) is 22.1. The van der Waals surface area contributed by atoms with E-state index in [4.69, 9.17) is 19.9 Å².